The number of hydrogen-bond acceptors (Lipinski definition) is 2. The number of aliphatic hydroxyl groups excluding tert-OH is 1. The van der Waals surface area contributed by atoms with Crippen LogP contribution in [0.1, 0.15) is 25.5 Å². The molecule has 1 atom stereocenters. The van der Waals surface area contributed by atoms with Crippen molar-refractivity contribution in [2.45, 2.75) is 26.0 Å². The van der Waals surface area contributed by atoms with Crippen LogP contribution in [0, 0.1) is 5.82 Å². The molecule has 0 heterocycles. The van der Waals surface area contributed by atoms with E-state index in [0.717, 1.165) is 0 Å². The number of benzene rings is 1. The minimum absolute atomic E-state index is 0.259. The maximum absolute atomic E-state index is 13.4. The molecule has 15 heavy (non-hydrogen) atoms. The summed E-state index contributed by atoms with van der Waals surface area (Å²) < 4.78 is 13.4. The van der Waals surface area contributed by atoms with Gasteiger partial charge in [0.2, 0.25) is 0 Å². The lowest BCUT2D eigenvalue weighted by Gasteiger charge is -2.15. The first kappa shape index (κ1) is 12.4. The molecule has 84 valence electrons. The third-order valence-electron chi connectivity index (χ3n) is 2.04. The lowest BCUT2D eigenvalue weighted by atomic mass is 10.1. The first-order valence-corrected chi connectivity index (χ1v) is 5.25. The van der Waals surface area contributed by atoms with Crippen LogP contribution in [0.5, 0.6) is 0 Å². The molecule has 0 bridgehead atoms. The van der Waals surface area contributed by atoms with Gasteiger partial charge in [-0.3, -0.25) is 0 Å². The monoisotopic (exact) mass is 231 g/mol. The topological polar surface area (TPSA) is 32.3 Å². The van der Waals surface area contributed by atoms with E-state index >= 15 is 0 Å². The molecule has 0 aliphatic carbocycles. The summed E-state index contributed by atoms with van der Waals surface area (Å²) in [6.07, 6.45) is -0.843. The second-order valence-corrected chi connectivity index (χ2v) is 4.18. The third kappa shape index (κ3) is 3.78. The number of aliphatic hydroxyl groups is 1. The largest absolute Gasteiger partial charge is 0.387 e. The highest BCUT2D eigenvalue weighted by Gasteiger charge is 2.12. The molecule has 0 radical (unpaired) electrons. The zero-order chi connectivity index (χ0) is 11.4. The minimum Gasteiger partial charge on any atom is -0.387 e. The van der Waals surface area contributed by atoms with Crippen LogP contribution >= 0.6 is 11.6 Å². The van der Waals surface area contributed by atoms with E-state index in [1.807, 2.05) is 13.8 Å². The fourth-order valence-electron chi connectivity index (χ4n) is 1.23. The summed E-state index contributed by atoms with van der Waals surface area (Å²) in [5, 5.41) is 13.1. The van der Waals surface area contributed by atoms with Crippen molar-refractivity contribution in [1.29, 1.82) is 0 Å². The molecule has 0 fully saturated rings. The van der Waals surface area contributed by atoms with Crippen molar-refractivity contribution in [3.8, 4) is 0 Å². The summed E-state index contributed by atoms with van der Waals surface area (Å²) in [5.41, 5.74) is 0.271. The molecule has 2 N–H and O–H groups in total. The van der Waals surface area contributed by atoms with Gasteiger partial charge >= 0.3 is 0 Å². The zero-order valence-electron chi connectivity index (χ0n) is 8.80. The molecular formula is C11H15ClFNO. The summed E-state index contributed by atoms with van der Waals surface area (Å²) in [6.45, 7) is 4.26. The molecule has 1 rings (SSSR count). The Kier molecular flexibility index (Phi) is 4.51. The van der Waals surface area contributed by atoms with Crippen molar-refractivity contribution < 1.29 is 9.50 Å². The van der Waals surface area contributed by atoms with Crippen LogP contribution in [0.15, 0.2) is 18.2 Å². The van der Waals surface area contributed by atoms with E-state index in [0.29, 0.717) is 11.6 Å². The Morgan fingerprint density at radius 2 is 2.13 bits per heavy atom. The number of halogens is 2. The molecule has 4 heteroatoms. The Morgan fingerprint density at radius 1 is 1.47 bits per heavy atom. The van der Waals surface area contributed by atoms with Crippen molar-refractivity contribution in [3.63, 3.8) is 0 Å². The predicted octanol–water partition coefficient (Wildman–Crippen LogP) is 2.51. The van der Waals surface area contributed by atoms with Crippen LogP contribution in [0.2, 0.25) is 5.02 Å². The normalized spacial score (nSPS) is 13.2. The number of rotatable bonds is 4. The summed E-state index contributed by atoms with van der Waals surface area (Å²) >= 11 is 5.61. The standard InChI is InChI=1S/C11H15ClFNO/c1-7(2)14-6-11(15)9-4-3-8(12)5-10(9)13/h3-5,7,11,14-15H,6H2,1-2H3. The smallest absolute Gasteiger partial charge is 0.130 e. The Morgan fingerprint density at radius 3 is 2.67 bits per heavy atom. The molecule has 1 aromatic carbocycles. The van der Waals surface area contributed by atoms with Gasteiger partial charge in [0.1, 0.15) is 5.82 Å². The molecular weight excluding hydrogens is 217 g/mol. The number of hydrogen-bond donors (Lipinski definition) is 2. The molecule has 1 aromatic rings. The average molecular weight is 232 g/mol. The number of nitrogens with one attached hydrogen (secondary N) is 1. The van der Waals surface area contributed by atoms with E-state index in [-0.39, 0.29) is 11.6 Å². The Bertz CT molecular complexity index is 330. The van der Waals surface area contributed by atoms with Gasteiger partial charge in [-0.25, -0.2) is 4.39 Å². The van der Waals surface area contributed by atoms with Gasteiger partial charge in [-0.2, -0.15) is 0 Å². The summed E-state index contributed by atoms with van der Waals surface area (Å²) in [6, 6.07) is 4.54. The molecule has 0 aromatic heterocycles. The highest BCUT2D eigenvalue weighted by atomic mass is 35.5. The lowest BCUT2D eigenvalue weighted by Crippen LogP contribution is -2.28. The maximum Gasteiger partial charge on any atom is 0.130 e. The van der Waals surface area contributed by atoms with E-state index in [9.17, 15) is 9.50 Å². The van der Waals surface area contributed by atoms with Crippen molar-refractivity contribution in [1.82, 2.24) is 5.32 Å². The molecule has 0 saturated carbocycles. The van der Waals surface area contributed by atoms with Crippen molar-refractivity contribution in [2.75, 3.05) is 6.54 Å². The van der Waals surface area contributed by atoms with Gasteiger partial charge in [-0.05, 0) is 12.1 Å². The first-order valence-electron chi connectivity index (χ1n) is 4.87. The molecule has 0 spiro atoms. The van der Waals surface area contributed by atoms with Gasteiger partial charge in [-0.15, -0.1) is 0 Å². The first-order chi connectivity index (χ1) is 7.00. The average Bonchev–Trinajstić information content (AvgIpc) is 2.14. The Hall–Kier alpha value is -0.640. The van der Waals surface area contributed by atoms with Gasteiger partial charge in [-0.1, -0.05) is 31.5 Å². The van der Waals surface area contributed by atoms with Gasteiger partial charge in [0.25, 0.3) is 0 Å². The van der Waals surface area contributed by atoms with Crippen molar-refractivity contribution in [2.24, 2.45) is 0 Å². The van der Waals surface area contributed by atoms with E-state index in [1.54, 1.807) is 6.07 Å². The highest BCUT2D eigenvalue weighted by molar-refractivity contribution is 6.30. The minimum atomic E-state index is -0.843. The SMILES string of the molecule is CC(C)NCC(O)c1ccc(Cl)cc1F. The van der Waals surface area contributed by atoms with Crippen molar-refractivity contribution in [3.05, 3.63) is 34.6 Å². The van der Waals surface area contributed by atoms with E-state index < -0.39 is 11.9 Å². The lowest BCUT2D eigenvalue weighted by molar-refractivity contribution is 0.167. The van der Waals surface area contributed by atoms with Crippen molar-refractivity contribution >= 4 is 11.6 Å². The van der Waals surface area contributed by atoms with Crippen LogP contribution in [0.4, 0.5) is 4.39 Å². The quantitative estimate of drug-likeness (QED) is 0.835. The highest BCUT2D eigenvalue weighted by Crippen LogP contribution is 2.20. The molecule has 0 aliphatic rings. The molecule has 0 amide bonds. The van der Waals surface area contributed by atoms with Gasteiger partial charge in [0.15, 0.2) is 0 Å². The van der Waals surface area contributed by atoms with E-state index in [4.69, 9.17) is 11.6 Å². The van der Waals surface area contributed by atoms with Gasteiger partial charge in [0.05, 0.1) is 6.10 Å². The van der Waals surface area contributed by atoms with E-state index in [1.165, 1.54) is 12.1 Å². The maximum atomic E-state index is 13.4. The van der Waals surface area contributed by atoms with Crippen LogP contribution < -0.4 is 5.32 Å². The molecule has 2 nitrogen and oxygen atoms in total. The fraction of sp³-hybridized carbons (Fsp3) is 0.455. The molecule has 0 aliphatic heterocycles. The Balaban J connectivity index is 2.69. The zero-order valence-corrected chi connectivity index (χ0v) is 9.55. The van der Waals surface area contributed by atoms with Crippen LogP contribution in [-0.4, -0.2) is 17.7 Å². The summed E-state index contributed by atoms with van der Waals surface area (Å²) in [5.74, 6) is -0.472. The van der Waals surface area contributed by atoms with Gasteiger partial charge in [0, 0.05) is 23.2 Å². The van der Waals surface area contributed by atoms with Crippen LogP contribution in [0.3, 0.4) is 0 Å². The Labute approximate surface area is 94.1 Å². The van der Waals surface area contributed by atoms with Crippen LogP contribution in [0.25, 0.3) is 0 Å². The van der Waals surface area contributed by atoms with Crippen LogP contribution in [-0.2, 0) is 0 Å². The molecule has 0 saturated heterocycles. The van der Waals surface area contributed by atoms with E-state index in [2.05, 4.69) is 5.32 Å². The summed E-state index contributed by atoms with van der Waals surface area (Å²) in [7, 11) is 0. The third-order valence-corrected chi connectivity index (χ3v) is 2.28. The second-order valence-electron chi connectivity index (χ2n) is 3.74. The fourth-order valence-corrected chi connectivity index (χ4v) is 1.39. The second kappa shape index (κ2) is 5.45. The predicted molar refractivity (Wildman–Crippen MR) is 59.5 cm³/mol. The molecule has 1 unspecified atom stereocenters. The summed E-state index contributed by atoms with van der Waals surface area (Å²) in [4.78, 5) is 0. The van der Waals surface area contributed by atoms with Gasteiger partial charge < -0.3 is 10.4 Å².